The third-order valence-electron chi connectivity index (χ3n) is 3.80. The molecule has 0 saturated heterocycles. The van der Waals surface area contributed by atoms with Crippen molar-refractivity contribution in [2.75, 3.05) is 19.5 Å². The van der Waals surface area contributed by atoms with Gasteiger partial charge in [-0.25, -0.2) is 17.9 Å². The Balaban J connectivity index is 1.94. The number of amides is 1. The number of nitrogens with zero attached hydrogens (tertiary/aromatic N) is 1. The van der Waals surface area contributed by atoms with E-state index in [4.69, 9.17) is 4.74 Å². The Bertz CT molecular complexity index is 1020. The number of rotatable bonds is 4. The Morgan fingerprint density at radius 1 is 1.08 bits per heavy atom. The molecule has 0 fully saturated rings. The van der Waals surface area contributed by atoms with E-state index in [0.717, 1.165) is 5.39 Å². The third-order valence-corrected chi connectivity index (χ3v) is 5.22. The minimum Gasteiger partial charge on any atom is -0.497 e. The fraction of sp³-hybridized carbons (Fsp3) is 0.118. The van der Waals surface area contributed by atoms with Gasteiger partial charge in [0.25, 0.3) is 0 Å². The van der Waals surface area contributed by atoms with Gasteiger partial charge < -0.3 is 10.1 Å². The average Bonchev–Trinajstić information content (AvgIpc) is 3.05. The van der Waals surface area contributed by atoms with Crippen molar-refractivity contribution in [2.45, 2.75) is 4.90 Å². The van der Waals surface area contributed by atoms with Crippen LogP contribution in [0, 0.1) is 0 Å². The molecule has 3 rings (SSSR count). The molecule has 1 amide bonds. The van der Waals surface area contributed by atoms with Crippen LogP contribution in [0.25, 0.3) is 10.9 Å². The van der Waals surface area contributed by atoms with Crippen LogP contribution in [0.5, 0.6) is 5.75 Å². The average molecular weight is 359 g/mol. The highest BCUT2D eigenvalue weighted by molar-refractivity contribution is 7.89. The van der Waals surface area contributed by atoms with Crippen molar-refractivity contribution in [3.8, 4) is 5.75 Å². The number of benzene rings is 2. The number of carbonyl (C=O) groups is 1. The molecule has 0 aliphatic heterocycles. The lowest BCUT2D eigenvalue weighted by Gasteiger charge is -2.09. The van der Waals surface area contributed by atoms with Gasteiger partial charge in [-0.1, -0.05) is 6.07 Å². The van der Waals surface area contributed by atoms with E-state index in [2.05, 4.69) is 10.0 Å². The lowest BCUT2D eigenvalue weighted by atomic mass is 10.2. The molecule has 3 aromatic rings. The van der Waals surface area contributed by atoms with E-state index < -0.39 is 10.0 Å². The summed E-state index contributed by atoms with van der Waals surface area (Å²) in [6.45, 7) is 0. The van der Waals surface area contributed by atoms with Crippen LogP contribution < -0.4 is 14.8 Å². The number of sulfonamides is 1. The van der Waals surface area contributed by atoms with Crippen molar-refractivity contribution in [2.24, 2.45) is 0 Å². The number of hydrogen-bond donors (Lipinski definition) is 2. The summed E-state index contributed by atoms with van der Waals surface area (Å²) >= 11 is 0. The summed E-state index contributed by atoms with van der Waals surface area (Å²) in [5, 5.41) is 3.53. The topological polar surface area (TPSA) is 89.4 Å². The van der Waals surface area contributed by atoms with Crippen molar-refractivity contribution >= 4 is 32.6 Å². The Morgan fingerprint density at radius 3 is 2.44 bits per heavy atom. The Morgan fingerprint density at radius 2 is 1.80 bits per heavy atom. The zero-order valence-corrected chi connectivity index (χ0v) is 14.5. The van der Waals surface area contributed by atoms with E-state index in [-0.39, 0.29) is 10.9 Å². The summed E-state index contributed by atoms with van der Waals surface area (Å²) in [6.07, 6.45) is 1.60. The fourth-order valence-corrected chi connectivity index (χ4v) is 3.18. The third kappa shape index (κ3) is 3.35. The number of nitrogens with one attached hydrogen (secondary N) is 2. The SMILES string of the molecule is CNS(=O)(=O)c1ccc2ccn(C(=O)Nc3ccc(OC)cc3)c2c1. The van der Waals surface area contributed by atoms with Crippen molar-refractivity contribution < 1.29 is 17.9 Å². The Kier molecular flexibility index (Phi) is 4.47. The van der Waals surface area contributed by atoms with Crippen LogP contribution in [0.1, 0.15) is 0 Å². The Labute approximate surface area is 145 Å². The summed E-state index contributed by atoms with van der Waals surface area (Å²) in [4.78, 5) is 12.6. The standard InChI is InChI=1S/C17H17N3O4S/c1-18-25(22,23)15-8-3-12-9-10-20(16(12)11-15)17(21)19-13-4-6-14(24-2)7-5-13/h3-11,18H,1-2H3,(H,19,21). The minimum absolute atomic E-state index is 0.0969. The maximum atomic E-state index is 12.5. The van der Waals surface area contributed by atoms with Crippen LogP contribution >= 0.6 is 0 Å². The van der Waals surface area contributed by atoms with Gasteiger partial charge >= 0.3 is 6.03 Å². The highest BCUT2D eigenvalue weighted by Gasteiger charge is 2.15. The van der Waals surface area contributed by atoms with Crippen LogP contribution in [0.3, 0.4) is 0 Å². The van der Waals surface area contributed by atoms with E-state index in [0.29, 0.717) is 17.0 Å². The molecule has 7 nitrogen and oxygen atoms in total. The van der Waals surface area contributed by atoms with Gasteiger partial charge in [0.05, 0.1) is 17.5 Å². The molecular formula is C17H17N3O4S. The number of ether oxygens (including phenoxy) is 1. The van der Waals surface area contributed by atoms with E-state index in [9.17, 15) is 13.2 Å². The molecule has 1 aromatic heterocycles. The summed E-state index contributed by atoms with van der Waals surface area (Å²) < 4.78 is 32.6. The van der Waals surface area contributed by atoms with Gasteiger partial charge in [-0.3, -0.25) is 4.57 Å². The molecule has 1 heterocycles. The smallest absolute Gasteiger partial charge is 0.330 e. The molecule has 25 heavy (non-hydrogen) atoms. The summed E-state index contributed by atoms with van der Waals surface area (Å²) in [5.41, 5.74) is 1.11. The van der Waals surface area contributed by atoms with Crippen molar-refractivity contribution in [3.63, 3.8) is 0 Å². The number of hydrogen-bond acceptors (Lipinski definition) is 4. The van der Waals surface area contributed by atoms with Crippen LogP contribution in [-0.2, 0) is 10.0 Å². The molecule has 0 bridgehead atoms. The van der Waals surface area contributed by atoms with Crippen LogP contribution in [0.15, 0.2) is 59.6 Å². The normalized spacial score (nSPS) is 11.4. The van der Waals surface area contributed by atoms with Gasteiger partial charge in [0.2, 0.25) is 10.0 Å². The molecule has 0 aliphatic rings. The molecule has 8 heteroatoms. The second kappa shape index (κ2) is 6.58. The van der Waals surface area contributed by atoms with Gasteiger partial charge in [0, 0.05) is 17.3 Å². The lowest BCUT2D eigenvalue weighted by Crippen LogP contribution is -2.20. The molecule has 2 aromatic carbocycles. The van der Waals surface area contributed by atoms with Gasteiger partial charge in [0.15, 0.2) is 0 Å². The first-order chi connectivity index (χ1) is 11.9. The number of carbonyl (C=O) groups excluding carboxylic acids is 1. The number of methoxy groups -OCH3 is 1. The van der Waals surface area contributed by atoms with Crippen molar-refractivity contribution in [3.05, 3.63) is 54.7 Å². The van der Waals surface area contributed by atoms with E-state index in [1.165, 1.54) is 23.7 Å². The number of aromatic nitrogens is 1. The quantitative estimate of drug-likeness (QED) is 0.749. The Hall–Kier alpha value is -2.84. The van der Waals surface area contributed by atoms with Gasteiger partial charge in [0.1, 0.15) is 5.75 Å². The molecule has 0 aliphatic carbocycles. The second-order valence-electron chi connectivity index (χ2n) is 5.27. The predicted octanol–water partition coefficient (Wildman–Crippen LogP) is 2.64. The number of fused-ring (bicyclic) bond motifs is 1. The van der Waals surface area contributed by atoms with Crippen LogP contribution in [0.2, 0.25) is 0 Å². The van der Waals surface area contributed by atoms with Gasteiger partial charge in [-0.15, -0.1) is 0 Å². The first-order valence-electron chi connectivity index (χ1n) is 7.44. The van der Waals surface area contributed by atoms with E-state index in [1.807, 2.05) is 0 Å². The maximum Gasteiger partial charge on any atom is 0.330 e. The van der Waals surface area contributed by atoms with Gasteiger partial charge in [-0.2, -0.15) is 0 Å². The second-order valence-corrected chi connectivity index (χ2v) is 7.16. The lowest BCUT2D eigenvalue weighted by molar-refractivity contribution is 0.254. The molecule has 130 valence electrons. The molecule has 0 spiro atoms. The molecule has 0 atom stereocenters. The highest BCUT2D eigenvalue weighted by atomic mass is 32.2. The first-order valence-corrected chi connectivity index (χ1v) is 8.93. The minimum atomic E-state index is -3.59. The maximum absolute atomic E-state index is 12.5. The van der Waals surface area contributed by atoms with Crippen LogP contribution in [-0.4, -0.2) is 33.2 Å². The fourth-order valence-electron chi connectivity index (χ4n) is 2.43. The monoisotopic (exact) mass is 359 g/mol. The molecule has 0 radical (unpaired) electrons. The van der Waals surface area contributed by atoms with E-state index in [1.54, 1.807) is 49.7 Å². The summed E-state index contributed by atoms with van der Waals surface area (Å²) in [7, 11) is -0.677. The van der Waals surface area contributed by atoms with Crippen molar-refractivity contribution in [1.29, 1.82) is 0 Å². The molecule has 2 N–H and O–H groups in total. The zero-order valence-electron chi connectivity index (χ0n) is 13.7. The molecule has 0 unspecified atom stereocenters. The summed E-state index contributed by atoms with van der Waals surface area (Å²) in [5.74, 6) is 0.686. The largest absolute Gasteiger partial charge is 0.497 e. The number of anilines is 1. The predicted molar refractivity (Wildman–Crippen MR) is 95.6 cm³/mol. The highest BCUT2D eigenvalue weighted by Crippen LogP contribution is 2.21. The van der Waals surface area contributed by atoms with E-state index >= 15 is 0 Å². The van der Waals surface area contributed by atoms with Gasteiger partial charge in [-0.05, 0) is 49.5 Å². The summed E-state index contributed by atoms with van der Waals surface area (Å²) in [6, 6.07) is 12.9. The molecule has 0 saturated carbocycles. The van der Waals surface area contributed by atoms with Crippen molar-refractivity contribution in [1.82, 2.24) is 9.29 Å². The molecular weight excluding hydrogens is 342 g/mol. The van der Waals surface area contributed by atoms with Crippen LogP contribution in [0.4, 0.5) is 10.5 Å². The zero-order chi connectivity index (χ0) is 18.0. The first kappa shape index (κ1) is 17.0.